The lowest BCUT2D eigenvalue weighted by atomic mass is 9.93. The van der Waals surface area contributed by atoms with Gasteiger partial charge in [0.15, 0.2) is 0 Å². The average Bonchev–Trinajstić information content (AvgIpc) is 3.17. The van der Waals surface area contributed by atoms with Gasteiger partial charge in [-0.3, -0.25) is 19.2 Å². The Morgan fingerprint density at radius 1 is 0.895 bits per heavy atom. The number of amides is 5. The number of benzene rings is 2. The second-order valence-electron chi connectivity index (χ2n) is 15.1. The van der Waals surface area contributed by atoms with Crippen molar-refractivity contribution in [1.29, 1.82) is 0 Å². The summed E-state index contributed by atoms with van der Waals surface area (Å²) in [5.41, 5.74) is 1.57. The molecule has 1 aliphatic heterocycles. The maximum atomic E-state index is 14.5. The van der Waals surface area contributed by atoms with E-state index in [-0.39, 0.29) is 25.2 Å². The minimum Gasteiger partial charge on any atom is -0.496 e. The Morgan fingerprint density at radius 2 is 1.56 bits per heavy atom. The summed E-state index contributed by atoms with van der Waals surface area (Å²) in [5, 5.41) is 10.9. The first kappa shape index (κ1) is 46.0. The topological polar surface area (TPSA) is 191 Å². The Hall–Kier alpha value is -5.34. The second-order valence-corrected chi connectivity index (χ2v) is 15.1. The van der Waals surface area contributed by atoms with Gasteiger partial charge < -0.3 is 45.1 Å². The van der Waals surface area contributed by atoms with Gasteiger partial charge in [-0.25, -0.2) is 9.59 Å². The summed E-state index contributed by atoms with van der Waals surface area (Å²) in [6, 6.07) is 7.06. The van der Waals surface area contributed by atoms with Gasteiger partial charge in [0, 0.05) is 37.6 Å². The maximum Gasteiger partial charge on any atom is 0.407 e. The SMILES string of the molecule is CCCCCCCC(=O)N[C@@H](CCCCNC(=O)OC(C)(C)C)C(=O)N(C)[C@@H]1C(=O)NCC(=O)N[C@H](C(=O)OC)Cc2ccc(OC)c(c2)-c2cc1ccc2OC. The monoisotopic (exact) mass is 795 g/mol. The molecule has 1 aliphatic rings. The lowest BCUT2D eigenvalue weighted by Crippen LogP contribution is -2.52. The molecule has 0 saturated carbocycles. The van der Waals surface area contributed by atoms with Crippen LogP contribution in [0, 0.1) is 0 Å². The smallest absolute Gasteiger partial charge is 0.407 e. The molecule has 314 valence electrons. The molecule has 0 aromatic heterocycles. The van der Waals surface area contributed by atoms with Crippen LogP contribution in [0.3, 0.4) is 0 Å². The van der Waals surface area contributed by atoms with Crippen LogP contribution in [0.5, 0.6) is 11.5 Å². The highest BCUT2D eigenvalue weighted by Gasteiger charge is 2.35. The third-order valence-electron chi connectivity index (χ3n) is 9.49. The number of carbonyl (C=O) groups is 6. The number of likely N-dealkylation sites (N-methyl/N-ethyl adjacent to an activating group) is 1. The van der Waals surface area contributed by atoms with E-state index in [1.807, 2.05) is 6.07 Å². The summed E-state index contributed by atoms with van der Waals surface area (Å²) >= 11 is 0. The van der Waals surface area contributed by atoms with Crippen molar-refractivity contribution < 1.29 is 47.7 Å². The molecule has 57 heavy (non-hydrogen) atoms. The first-order valence-corrected chi connectivity index (χ1v) is 19.6. The fourth-order valence-corrected chi connectivity index (χ4v) is 6.59. The van der Waals surface area contributed by atoms with Crippen LogP contribution in [0.15, 0.2) is 36.4 Å². The highest BCUT2D eigenvalue weighted by atomic mass is 16.6. The predicted octanol–water partition coefficient (Wildman–Crippen LogP) is 4.74. The molecule has 15 heteroatoms. The van der Waals surface area contributed by atoms with E-state index >= 15 is 0 Å². The van der Waals surface area contributed by atoms with E-state index in [9.17, 15) is 28.8 Å². The largest absolute Gasteiger partial charge is 0.496 e. The molecule has 0 spiro atoms. The molecule has 3 atom stereocenters. The van der Waals surface area contributed by atoms with Crippen molar-refractivity contribution in [2.24, 2.45) is 0 Å². The first-order valence-electron chi connectivity index (χ1n) is 19.6. The molecule has 1 heterocycles. The van der Waals surface area contributed by atoms with Crippen LogP contribution >= 0.6 is 0 Å². The fraction of sp³-hybridized carbons (Fsp3) is 0.571. The zero-order valence-corrected chi connectivity index (χ0v) is 34.7. The number of alkyl carbamates (subject to hydrolysis) is 1. The van der Waals surface area contributed by atoms with Crippen molar-refractivity contribution in [3.63, 3.8) is 0 Å². The van der Waals surface area contributed by atoms with Crippen LogP contribution in [-0.2, 0) is 39.9 Å². The van der Waals surface area contributed by atoms with E-state index in [0.29, 0.717) is 59.6 Å². The van der Waals surface area contributed by atoms with Gasteiger partial charge in [-0.15, -0.1) is 0 Å². The lowest BCUT2D eigenvalue weighted by Gasteiger charge is -2.32. The Balaban J connectivity index is 2.01. The highest BCUT2D eigenvalue weighted by Crippen LogP contribution is 2.39. The van der Waals surface area contributed by atoms with Crippen molar-refractivity contribution in [2.45, 2.75) is 116 Å². The van der Waals surface area contributed by atoms with E-state index in [0.717, 1.165) is 25.7 Å². The molecule has 15 nitrogen and oxygen atoms in total. The lowest BCUT2D eigenvalue weighted by molar-refractivity contribution is -0.145. The van der Waals surface area contributed by atoms with Crippen molar-refractivity contribution in [1.82, 2.24) is 26.2 Å². The number of rotatable bonds is 17. The van der Waals surface area contributed by atoms with Crippen LogP contribution in [0.25, 0.3) is 11.1 Å². The number of carbonyl (C=O) groups excluding carboxylic acids is 6. The Morgan fingerprint density at radius 3 is 2.21 bits per heavy atom. The van der Waals surface area contributed by atoms with Gasteiger partial charge >= 0.3 is 12.1 Å². The second kappa shape index (κ2) is 22.4. The maximum absolute atomic E-state index is 14.5. The number of nitrogens with zero attached hydrogens (tertiary/aromatic N) is 1. The number of fused-ring (bicyclic) bond motifs is 5. The van der Waals surface area contributed by atoms with E-state index in [2.05, 4.69) is 28.2 Å². The number of hydrogen-bond donors (Lipinski definition) is 4. The van der Waals surface area contributed by atoms with Gasteiger partial charge in [-0.05, 0) is 81.8 Å². The first-order chi connectivity index (χ1) is 27.1. The third-order valence-corrected chi connectivity index (χ3v) is 9.49. The third kappa shape index (κ3) is 14.3. The highest BCUT2D eigenvalue weighted by molar-refractivity contribution is 5.95. The van der Waals surface area contributed by atoms with Crippen LogP contribution in [-0.4, -0.2) is 99.7 Å². The van der Waals surface area contributed by atoms with Crippen LogP contribution in [0.2, 0.25) is 0 Å². The summed E-state index contributed by atoms with van der Waals surface area (Å²) in [6.45, 7) is 7.22. The minimum absolute atomic E-state index is 0.0914. The number of unbranched alkanes of at least 4 members (excludes halogenated alkanes) is 5. The molecule has 4 N–H and O–H groups in total. The van der Waals surface area contributed by atoms with Gasteiger partial charge in [-0.2, -0.15) is 0 Å². The molecule has 4 bridgehead atoms. The van der Waals surface area contributed by atoms with Crippen molar-refractivity contribution in [2.75, 3.05) is 41.5 Å². The van der Waals surface area contributed by atoms with Crippen molar-refractivity contribution in [3.05, 3.63) is 47.5 Å². The minimum atomic E-state index is -1.27. The molecule has 0 aliphatic carbocycles. The zero-order chi connectivity index (χ0) is 42.1. The number of esters is 1. The van der Waals surface area contributed by atoms with Crippen LogP contribution in [0.1, 0.15) is 103 Å². The number of methoxy groups -OCH3 is 3. The Labute approximate surface area is 336 Å². The predicted molar refractivity (Wildman–Crippen MR) is 215 cm³/mol. The molecule has 0 fully saturated rings. The zero-order valence-electron chi connectivity index (χ0n) is 34.7. The van der Waals surface area contributed by atoms with Crippen LogP contribution < -0.4 is 30.7 Å². The van der Waals surface area contributed by atoms with E-state index in [1.54, 1.807) is 51.1 Å². The Bertz CT molecular complexity index is 1710. The van der Waals surface area contributed by atoms with Crippen LogP contribution in [0.4, 0.5) is 4.79 Å². The number of ether oxygens (including phenoxy) is 4. The molecule has 2 aromatic carbocycles. The molecule has 0 radical (unpaired) electrons. The standard InChI is InChI=1S/C42H61N5O10/c1-9-10-11-12-13-17-35(48)45-31(16-14-15-22-43-41(53)57-42(2,3)4)39(51)47(5)37-28-19-21-34(55-7)30(25-28)29-23-27(18-20-33(29)54-6)24-32(40(52)56-8)46-36(49)26-44-38(37)50/h18-21,23,25,31-32,37H,9-17,22,24,26H2,1-8H3,(H,43,53)(H,44,50)(H,45,48)(H,46,49)/t31-,32-,37-/m0/s1. The van der Waals surface area contributed by atoms with E-state index in [1.165, 1.54) is 33.3 Å². The Kier molecular flexibility index (Phi) is 18.1. The summed E-state index contributed by atoms with van der Waals surface area (Å²) < 4.78 is 21.7. The quantitative estimate of drug-likeness (QED) is 0.129. The van der Waals surface area contributed by atoms with Gasteiger partial charge in [-0.1, -0.05) is 44.7 Å². The molecule has 2 aromatic rings. The van der Waals surface area contributed by atoms with Crippen molar-refractivity contribution in [3.8, 4) is 22.6 Å². The molecule has 3 rings (SSSR count). The van der Waals surface area contributed by atoms with E-state index < -0.39 is 60.1 Å². The molecule has 5 amide bonds. The number of nitrogens with one attached hydrogen (secondary N) is 4. The molecule has 0 saturated heterocycles. The molecule has 0 unspecified atom stereocenters. The molecular weight excluding hydrogens is 734 g/mol. The van der Waals surface area contributed by atoms with Gasteiger partial charge in [0.2, 0.25) is 23.6 Å². The summed E-state index contributed by atoms with van der Waals surface area (Å²) in [5.74, 6) is -1.86. The van der Waals surface area contributed by atoms with Gasteiger partial charge in [0.05, 0.1) is 27.9 Å². The van der Waals surface area contributed by atoms with Gasteiger partial charge in [0.25, 0.3) is 0 Å². The normalized spacial score (nSPS) is 16.1. The summed E-state index contributed by atoms with van der Waals surface area (Å²) in [7, 11) is 5.72. The van der Waals surface area contributed by atoms with E-state index in [4.69, 9.17) is 18.9 Å². The van der Waals surface area contributed by atoms with Gasteiger partial charge in [0.1, 0.15) is 35.2 Å². The molecular formula is C42H61N5O10. The fourth-order valence-electron chi connectivity index (χ4n) is 6.59. The summed E-state index contributed by atoms with van der Waals surface area (Å²) in [6.07, 6.45) is 5.68. The van der Waals surface area contributed by atoms with Crippen molar-refractivity contribution >= 4 is 35.7 Å². The number of hydrogen-bond acceptors (Lipinski definition) is 10. The average molecular weight is 796 g/mol. The summed E-state index contributed by atoms with van der Waals surface area (Å²) in [4.78, 5) is 81.2.